The number of para-hydroxylation sites is 1. The van der Waals surface area contributed by atoms with Crippen molar-refractivity contribution in [3.63, 3.8) is 0 Å². The summed E-state index contributed by atoms with van der Waals surface area (Å²) in [6.07, 6.45) is 0. The molecule has 3 heterocycles. The van der Waals surface area contributed by atoms with Crippen LogP contribution in [0.15, 0.2) is 54.6 Å². The fourth-order valence-corrected chi connectivity index (χ4v) is 3.63. The number of hydrogen-bond acceptors (Lipinski definition) is 4. The first kappa shape index (κ1) is 16.7. The molecule has 0 fully saturated rings. The molecule has 2 aromatic carbocycles. The molecule has 0 unspecified atom stereocenters. The molecule has 0 spiro atoms. The number of fused-ring (bicyclic) bond motifs is 3. The van der Waals surface area contributed by atoms with Crippen LogP contribution in [0.25, 0.3) is 44.6 Å². The number of pyridine rings is 1. The Morgan fingerprint density at radius 3 is 2.39 bits per heavy atom. The predicted molar refractivity (Wildman–Crippen MR) is 116 cm³/mol. The number of hydrogen-bond donors (Lipinski definition) is 3. The Morgan fingerprint density at radius 2 is 1.68 bits per heavy atom. The van der Waals surface area contributed by atoms with Crippen molar-refractivity contribution in [2.45, 2.75) is 0 Å². The smallest absolute Gasteiger partial charge is 0.213 e. The quantitative estimate of drug-likeness (QED) is 0.386. The Kier molecular flexibility index (Phi) is 3.77. The Morgan fingerprint density at radius 1 is 0.893 bits per heavy atom. The molecule has 3 aromatic heterocycles. The maximum Gasteiger partial charge on any atom is 0.213 e. The lowest BCUT2D eigenvalue weighted by molar-refractivity contribution is 1.08. The van der Waals surface area contributed by atoms with Crippen LogP contribution in [0.3, 0.4) is 0 Å². The molecule has 5 aromatic rings. The van der Waals surface area contributed by atoms with Gasteiger partial charge in [-0.05, 0) is 36.5 Å². The monoisotopic (exact) mass is 386 g/mol. The zero-order valence-corrected chi connectivity index (χ0v) is 16.3. The Balaban J connectivity index is 1.81. The van der Waals surface area contributed by atoms with Gasteiger partial charge in [0.15, 0.2) is 5.82 Å². The largest absolute Gasteiger partial charge is 0.378 e. The van der Waals surface area contributed by atoms with Gasteiger partial charge >= 0.3 is 0 Å². The average Bonchev–Trinajstić information content (AvgIpc) is 3.31. The van der Waals surface area contributed by atoms with Crippen LogP contribution in [-0.4, -0.2) is 39.2 Å². The van der Waals surface area contributed by atoms with Gasteiger partial charge in [0, 0.05) is 41.6 Å². The van der Waals surface area contributed by atoms with Gasteiger partial charge < -0.3 is 9.88 Å². The maximum atomic E-state index is 5.12. The lowest BCUT2D eigenvalue weighted by Gasteiger charge is -2.13. The standard InChI is InChI=1S/C21H18N6S/c1-27(2)13-9-7-12(8-10-13)18-19-15(14-5-3-4-6-16(14)22-19)11-17(23-18)20-24-21(28)26-25-20/h3-11,22H,1-2H3,(H2,24,25,26,28). The normalized spacial score (nSPS) is 11.4. The summed E-state index contributed by atoms with van der Waals surface area (Å²) in [4.78, 5) is 14.9. The molecule has 0 aliphatic rings. The molecule has 7 heteroatoms. The molecule has 138 valence electrons. The van der Waals surface area contributed by atoms with Gasteiger partial charge in [-0.3, -0.25) is 10.2 Å². The average molecular weight is 386 g/mol. The SMILES string of the molecule is CN(C)c1ccc(-c2nc(-c3nc(=S)[nH][nH]3)cc3c2[nH]c2ccccc23)cc1. The van der Waals surface area contributed by atoms with Gasteiger partial charge in [0.2, 0.25) is 4.77 Å². The van der Waals surface area contributed by atoms with Crippen molar-refractivity contribution in [1.29, 1.82) is 0 Å². The van der Waals surface area contributed by atoms with E-state index in [0.717, 1.165) is 44.4 Å². The van der Waals surface area contributed by atoms with E-state index in [-0.39, 0.29) is 0 Å². The highest BCUT2D eigenvalue weighted by atomic mass is 32.1. The number of rotatable bonds is 3. The molecule has 5 rings (SSSR count). The summed E-state index contributed by atoms with van der Waals surface area (Å²) in [6.45, 7) is 0. The molecule has 0 atom stereocenters. The fourth-order valence-electron chi connectivity index (χ4n) is 3.48. The Bertz CT molecular complexity index is 1360. The van der Waals surface area contributed by atoms with Crippen LogP contribution in [0.2, 0.25) is 0 Å². The van der Waals surface area contributed by atoms with Crippen molar-refractivity contribution in [1.82, 2.24) is 25.1 Å². The predicted octanol–water partition coefficient (Wildman–Crippen LogP) is 4.90. The molecule has 0 radical (unpaired) electrons. The molecule has 0 aliphatic carbocycles. The highest BCUT2D eigenvalue weighted by molar-refractivity contribution is 7.71. The molecule has 28 heavy (non-hydrogen) atoms. The number of nitrogens with one attached hydrogen (secondary N) is 3. The second-order valence-electron chi connectivity index (χ2n) is 6.91. The van der Waals surface area contributed by atoms with E-state index >= 15 is 0 Å². The zero-order chi connectivity index (χ0) is 19.3. The Labute approximate surface area is 166 Å². The minimum atomic E-state index is 0.410. The molecule has 6 nitrogen and oxygen atoms in total. The van der Waals surface area contributed by atoms with Crippen molar-refractivity contribution in [2.75, 3.05) is 19.0 Å². The number of anilines is 1. The highest BCUT2D eigenvalue weighted by Crippen LogP contribution is 2.34. The summed E-state index contributed by atoms with van der Waals surface area (Å²) in [5.74, 6) is 0.628. The van der Waals surface area contributed by atoms with Crippen molar-refractivity contribution >= 4 is 39.7 Å². The molecule has 0 amide bonds. The highest BCUT2D eigenvalue weighted by Gasteiger charge is 2.15. The van der Waals surface area contributed by atoms with E-state index in [1.54, 1.807) is 0 Å². The minimum Gasteiger partial charge on any atom is -0.378 e. The number of aromatic nitrogens is 5. The zero-order valence-electron chi connectivity index (χ0n) is 15.4. The van der Waals surface area contributed by atoms with Gasteiger partial charge in [0.1, 0.15) is 5.69 Å². The number of nitrogens with zero attached hydrogens (tertiary/aromatic N) is 3. The summed E-state index contributed by atoms with van der Waals surface area (Å²) < 4.78 is 0.410. The minimum absolute atomic E-state index is 0.410. The third kappa shape index (κ3) is 2.68. The van der Waals surface area contributed by atoms with Crippen LogP contribution < -0.4 is 4.90 Å². The van der Waals surface area contributed by atoms with Gasteiger partial charge in [-0.1, -0.05) is 30.3 Å². The summed E-state index contributed by atoms with van der Waals surface area (Å²) in [5.41, 5.74) is 5.91. The number of benzene rings is 2. The fraction of sp³-hybridized carbons (Fsp3) is 0.0952. The molecule has 0 saturated heterocycles. The van der Waals surface area contributed by atoms with Gasteiger partial charge in [0.25, 0.3) is 0 Å². The molecule has 0 saturated carbocycles. The Hall–Kier alpha value is -3.45. The van der Waals surface area contributed by atoms with E-state index in [1.807, 2.05) is 32.3 Å². The van der Waals surface area contributed by atoms with E-state index in [9.17, 15) is 0 Å². The summed E-state index contributed by atoms with van der Waals surface area (Å²) in [5, 5.41) is 8.12. The topological polar surface area (TPSA) is 76.4 Å². The maximum absolute atomic E-state index is 5.12. The summed E-state index contributed by atoms with van der Waals surface area (Å²) in [7, 11) is 4.06. The van der Waals surface area contributed by atoms with Gasteiger partial charge in [-0.2, -0.15) is 4.98 Å². The van der Waals surface area contributed by atoms with Crippen LogP contribution in [0.5, 0.6) is 0 Å². The van der Waals surface area contributed by atoms with Crippen LogP contribution in [0.4, 0.5) is 5.69 Å². The lowest BCUT2D eigenvalue weighted by atomic mass is 10.1. The number of aromatic amines is 3. The summed E-state index contributed by atoms with van der Waals surface area (Å²) in [6, 6.07) is 18.7. The molecular formula is C21H18N6S. The molecule has 3 N–H and O–H groups in total. The van der Waals surface area contributed by atoms with E-state index in [1.165, 1.54) is 0 Å². The second-order valence-corrected chi connectivity index (χ2v) is 7.29. The van der Waals surface area contributed by atoms with Gasteiger partial charge in [-0.15, -0.1) is 0 Å². The number of H-pyrrole nitrogens is 3. The molecule has 0 aliphatic heterocycles. The van der Waals surface area contributed by atoms with E-state index < -0.39 is 0 Å². The van der Waals surface area contributed by atoms with Gasteiger partial charge in [0.05, 0.1) is 11.2 Å². The van der Waals surface area contributed by atoms with E-state index in [4.69, 9.17) is 17.2 Å². The third-order valence-electron chi connectivity index (χ3n) is 4.90. The van der Waals surface area contributed by atoms with Crippen LogP contribution in [0.1, 0.15) is 0 Å². The third-order valence-corrected chi connectivity index (χ3v) is 5.09. The van der Waals surface area contributed by atoms with Crippen LogP contribution in [-0.2, 0) is 0 Å². The molecular weight excluding hydrogens is 368 g/mol. The first-order chi connectivity index (χ1) is 13.6. The van der Waals surface area contributed by atoms with Crippen LogP contribution in [0, 0.1) is 4.77 Å². The van der Waals surface area contributed by atoms with E-state index in [0.29, 0.717) is 10.6 Å². The second kappa shape index (κ2) is 6.31. The van der Waals surface area contributed by atoms with Crippen molar-refractivity contribution < 1.29 is 0 Å². The van der Waals surface area contributed by atoms with Crippen molar-refractivity contribution in [3.8, 4) is 22.8 Å². The lowest BCUT2D eigenvalue weighted by Crippen LogP contribution is -2.07. The van der Waals surface area contributed by atoms with E-state index in [2.05, 4.69) is 61.5 Å². The van der Waals surface area contributed by atoms with Crippen LogP contribution >= 0.6 is 12.2 Å². The molecule has 0 bridgehead atoms. The van der Waals surface area contributed by atoms with Crippen molar-refractivity contribution in [2.24, 2.45) is 0 Å². The first-order valence-electron chi connectivity index (χ1n) is 8.94. The van der Waals surface area contributed by atoms with Gasteiger partial charge in [-0.25, -0.2) is 4.98 Å². The first-order valence-corrected chi connectivity index (χ1v) is 9.35. The summed E-state index contributed by atoms with van der Waals surface area (Å²) >= 11 is 5.12. The van der Waals surface area contributed by atoms with Crippen molar-refractivity contribution in [3.05, 3.63) is 59.4 Å².